The van der Waals surface area contributed by atoms with Crippen LogP contribution >= 0.6 is 0 Å². The Morgan fingerprint density at radius 3 is 2.56 bits per heavy atom. The van der Waals surface area contributed by atoms with Gasteiger partial charge in [-0.15, -0.1) is 0 Å². The van der Waals surface area contributed by atoms with Crippen LogP contribution in [0, 0.1) is 10.8 Å². The van der Waals surface area contributed by atoms with Crippen molar-refractivity contribution in [1.29, 1.82) is 5.41 Å². The first-order chi connectivity index (χ1) is 8.02. The summed E-state index contributed by atoms with van der Waals surface area (Å²) < 4.78 is 27.7. The zero-order valence-electron chi connectivity index (χ0n) is 11.0. The molecule has 1 aromatic heterocycles. The Bertz CT molecular complexity index is 553. The van der Waals surface area contributed by atoms with Gasteiger partial charge in [0.2, 0.25) is 10.0 Å². The number of nitrogen functional groups attached to an aromatic ring is 1. The van der Waals surface area contributed by atoms with Gasteiger partial charge < -0.3 is 5.73 Å². The van der Waals surface area contributed by atoms with Crippen LogP contribution in [0.15, 0.2) is 6.20 Å². The number of nitrogens with zero attached hydrogens (tertiary/aromatic N) is 2. The van der Waals surface area contributed by atoms with Crippen LogP contribution < -0.4 is 10.5 Å². The van der Waals surface area contributed by atoms with E-state index in [-0.39, 0.29) is 28.4 Å². The van der Waals surface area contributed by atoms with E-state index in [2.05, 4.69) is 9.82 Å². The summed E-state index contributed by atoms with van der Waals surface area (Å²) in [5.74, 6) is -0.0361. The molecule has 0 fully saturated rings. The van der Waals surface area contributed by atoms with Gasteiger partial charge in [-0.1, -0.05) is 20.8 Å². The number of sulfonamides is 1. The van der Waals surface area contributed by atoms with Gasteiger partial charge >= 0.3 is 0 Å². The highest BCUT2D eigenvalue weighted by Crippen LogP contribution is 2.20. The van der Waals surface area contributed by atoms with Crippen molar-refractivity contribution in [3.05, 3.63) is 11.8 Å². The average molecular weight is 273 g/mol. The Morgan fingerprint density at radius 1 is 1.56 bits per heavy atom. The fourth-order valence-corrected chi connectivity index (χ4v) is 3.26. The molecule has 1 rings (SSSR count). The van der Waals surface area contributed by atoms with E-state index in [0.29, 0.717) is 0 Å². The average Bonchev–Trinajstić information content (AvgIpc) is 2.42. The first-order valence-corrected chi connectivity index (χ1v) is 7.04. The molecule has 102 valence electrons. The maximum Gasteiger partial charge on any atom is 0.234 e. The molecule has 0 atom stereocenters. The Balaban J connectivity index is 3.05. The van der Waals surface area contributed by atoms with Crippen molar-refractivity contribution in [3.63, 3.8) is 0 Å². The summed E-state index contributed by atoms with van der Waals surface area (Å²) in [5, 5.41) is 11.3. The van der Waals surface area contributed by atoms with Crippen molar-refractivity contribution < 1.29 is 8.42 Å². The predicted octanol–water partition coefficient (Wildman–Crippen LogP) is 0.492. The van der Waals surface area contributed by atoms with Gasteiger partial charge in [-0.05, 0) is 5.41 Å². The molecule has 4 N–H and O–H groups in total. The van der Waals surface area contributed by atoms with Crippen molar-refractivity contribution in [1.82, 2.24) is 9.78 Å². The van der Waals surface area contributed by atoms with Crippen LogP contribution in [0.4, 0.5) is 5.82 Å². The lowest BCUT2D eigenvalue weighted by Gasteiger charge is -2.19. The standard InChI is InChI=1S/C10H19N5O2S/c1-10(2,3)6-18(16,17)14-9-7(8(11)12)5-13-15(9)4/h5,14H,6H2,1-4H3,(H3,11,12). The molecule has 0 aromatic carbocycles. The van der Waals surface area contributed by atoms with E-state index in [1.54, 1.807) is 7.05 Å². The second-order valence-corrected chi connectivity index (χ2v) is 7.09. The molecule has 0 amide bonds. The van der Waals surface area contributed by atoms with Crippen molar-refractivity contribution in [2.24, 2.45) is 18.2 Å². The quantitative estimate of drug-likeness (QED) is 0.547. The first-order valence-electron chi connectivity index (χ1n) is 5.39. The fourth-order valence-electron chi connectivity index (χ4n) is 1.51. The highest BCUT2D eigenvalue weighted by molar-refractivity contribution is 7.92. The van der Waals surface area contributed by atoms with Crippen LogP contribution in [0.2, 0.25) is 0 Å². The second-order valence-electron chi connectivity index (χ2n) is 5.37. The number of aryl methyl sites for hydroxylation is 1. The number of hydrogen-bond acceptors (Lipinski definition) is 4. The van der Waals surface area contributed by atoms with Crippen LogP contribution in [0.3, 0.4) is 0 Å². The third-order valence-corrected chi connectivity index (χ3v) is 3.85. The molecule has 0 aliphatic carbocycles. The van der Waals surface area contributed by atoms with Crippen molar-refractivity contribution in [2.45, 2.75) is 20.8 Å². The molecule has 0 aliphatic heterocycles. The zero-order chi connectivity index (χ0) is 14.1. The number of hydrogen-bond donors (Lipinski definition) is 3. The Morgan fingerprint density at radius 2 is 2.11 bits per heavy atom. The summed E-state index contributed by atoms with van der Waals surface area (Å²) in [7, 11) is -1.92. The van der Waals surface area contributed by atoms with Gasteiger partial charge in [-0.3, -0.25) is 14.8 Å². The second kappa shape index (κ2) is 4.60. The van der Waals surface area contributed by atoms with Gasteiger partial charge in [0.25, 0.3) is 0 Å². The molecule has 0 saturated carbocycles. The maximum atomic E-state index is 12.0. The molecular formula is C10H19N5O2S. The van der Waals surface area contributed by atoms with Crippen molar-refractivity contribution >= 4 is 21.7 Å². The molecule has 0 spiro atoms. The molecule has 0 unspecified atom stereocenters. The monoisotopic (exact) mass is 273 g/mol. The van der Waals surface area contributed by atoms with E-state index in [9.17, 15) is 8.42 Å². The summed E-state index contributed by atoms with van der Waals surface area (Å²) in [6.45, 7) is 5.50. The summed E-state index contributed by atoms with van der Waals surface area (Å²) in [6.07, 6.45) is 1.36. The van der Waals surface area contributed by atoms with Gasteiger partial charge in [0.1, 0.15) is 11.7 Å². The number of aromatic nitrogens is 2. The van der Waals surface area contributed by atoms with E-state index in [0.717, 1.165) is 0 Å². The van der Waals surface area contributed by atoms with Crippen LogP contribution in [0.1, 0.15) is 26.3 Å². The molecule has 1 heterocycles. The van der Waals surface area contributed by atoms with Gasteiger partial charge in [0.05, 0.1) is 17.5 Å². The minimum absolute atomic E-state index is 0.0253. The molecule has 0 saturated heterocycles. The van der Waals surface area contributed by atoms with Gasteiger partial charge in [0.15, 0.2) is 0 Å². The largest absolute Gasteiger partial charge is 0.384 e. The van der Waals surface area contributed by atoms with Crippen LogP contribution in [-0.2, 0) is 17.1 Å². The number of rotatable bonds is 4. The minimum atomic E-state index is -3.50. The SMILES string of the molecule is Cn1ncc(C(=N)N)c1NS(=O)(=O)CC(C)(C)C. The Kier molecular flexibility index (Phi) is 3.70. The van der Waals surface area contributed by atoms with Gasteiger partial charge in [0, 0.05) is 7.05 Å². The van der Waals surface area contributed by atoms with Crippen LogP contribution in [0.25, 0.3) is 0 Å². The van der Waals surface area contributed by atoms with E-state index in [1.165, 1.54) is 10.9 Å². The third-order valence-electron chi connectivity index (χ3n) is 2.10. The highest BCUT2D eigenvalue weighted by Gasteiger charge is 2.24. The Hall–Kier alpha value is -1.57. The van der Waals surface area contributed by atoms with E-state index < -0.39 is 10.0 Å². The molecular weight excluding hydrogens is 254 g/mol. The Labute approximate surface area is 107 Å². The van der Waals surface area contributed by atoms with Crippen LogP contribution in [-0.4, -0.2) is 29.8 Å². The lowest BCUT2D eigenvalue weighted by molar-refractivity contribution is 0.463. The molecule has 7 nitrogen and oxygen atoms in total. The summed E-state index contributed by atoms with van der Waals surface area (Å²) in [5.41, 5.74) is 5.28. The molecule has 0 radical (unpaired) electrons. The normalized spacial score (nSPS) is 12.4. The lowest BCUT2D eigenvalue weighted by atomic mass is 10.0. The number of nitrogens with one attached hydrogen (secondary N) is 2. The van der Waals surface area contributed by atoms with Gasteiger partial charge in [-0.25, -0.2) is 8.42 Å². The molecule has 8 heteroatoms. The fraction of sp³-hybridized carbons (Fsp3) is 0.600. The van der Waals surface area contributed by atoms with E-state index >= 15 is 0 Å². The van der Waals surface area contributed by atoms with Crippen LogP contribution in [0.5, 0.6) is 0 Å². The molecule has 1 aromatic rings. The zero-order valence-corrected chi connectivity index (χ0v) is 11.8. The molecule has 0 aliphatic rings. The number of anilines is 1. The number of nitrogens with two attached hydrogens (primary N) is 1. The first kappa shape index (κ1) is 14.5. The van der Waals surface area contributed by atoms with Crippen molar-refractivity contribution in [2.75, 3.05) is 10.5 Å². The molecule has 18 heavy (non-hydrogen) atoms. The molecule has 0 bridgehead atoms. The van der Waals surface area contributed by atoms with Crippen molar-refractivity contribution in [3.8, 4) is 0 Å². The smallest absolute Gasteiger partial charge is 0.234 e. The minimum Gasteiger partial charge on any atom is -0.384 e. The maximum absolute atomic E-state index is 12.0. The predicted molar refractivity (Wildman–Crippen MR) is 71.1 cm³/mol. The summed E-state index contributed by atoms with van der Waals surface area (Å²) >= 11 is 0. The van der Waals surface area contributed by atoms with E-state index in [1.807, 2.05) is 20.8 Å². The highest BCUT2D eigenvalue weighted by atomic mass is 32.2. The number of amidine groups is 1. The third kappa shape index (κ3) is 3.73. The topological polar surface area (TPSA) is 114 Å². The van der Waals surface area contributed by atoms with E-state index in [4.69, 9.17) is 11.1 Å². The van der Waals surface area contributed by atoms with Gasteiger partial charge in [-0.2, -0.15) is 5.10 Å². The summed E-state index contributed by atoms with van der Waals surface area (Å²) in [4.78, 5) is 0. The summed E-state index contributed by atoms with van der Waals surface area (Å²) in [6, 6.07) is 0. The lowest BCUT2D eigenvalue weighted by Crippen LogP contribution is -2.28.